The van der Waals surface area contributed by atoms with Gasteiger partial charge in [0.05, 0.1) is 45.6 Å². The van der Waals surface area contributed by atoms with Gasteiger partial charge >= 0.3 is 0 Å². The molecule has 10 heteroatoms. The van der Waals surface area contributed by atoms with Crippen LogP contribution in [0.2, 0.25) is 0 Å². The van der Waals surface area contributed by atoms with Crippen LogP contribution in [0, 0.1) is 11.8 Å². The lowest BCUT2D eigenvalue weighted by atomic mass is 10.2. The Bertz CT molecular complexity index is 1230. The summed E-state index contributed by atoms with van der Waals surface area (Å²) in [6.07, 6.45) is 10.9. The van der Waals surface area contributed by atoms with Crippen LogP contribution >= 0.6 is 22.7 Å². The number of thiazole rings is 2. The highest BCUT2D eigenvalue weighted by atomic mass is 32.1. The van der Waals surface area contributed by atoms with Gasteiger partial charge in [-0.2, -0.15) is 0 Å². The van der Waals surface area contributed by atoms with Crippen LogP contribution in [0.3, 0.4) is 0 Å². The summed E-state index contributed by atoms with van der Waals surface area (Å²) < 4.78 is 2.11. The molecule has 34 heavy (non-hydrogen) atoms. The number of likely N-dealkylation sites (tertiary alicyclic amines) is 2. The van der Waals surface area contributed by atoms with Crippen LogP contribution in [-0.2, 0) is 9.59 Å². The molecule has 174 valence electrons. The second-order valence-electron chi connectivity index (χ2n) is 9.52. The number of nitrogens with zero attached hydrogens (tertiary/aromatic N) is 4. The number of anilines is 2. The number of amides is 2. The molecule has 1 aromatic carbocycles. The predicted octanol–water partition coefficient (Wildman–Crippen LogP) is 3.30. The summed E-state index contributed by atoms with van der Waals surface area (Å²) in [5.74, 6) is 1.31. The van der Waals surface area contributed by atoms with E-state index >= 15 is 0 Å². The molecule has 0 spiro atoms. The van der Waals surface area contributed by atoms with E-state index < -0.39 is 0 Å². The van der Waals surface area contributed by atoms with Gasteiger partial charge in [0.15, 0.2) is 10.3 Å². The van der Waals surface area contributed by atoms with E-state index in [1.807, 2.05) is 15.9 Å². The molecule has 7 rings (SSSR count). The van der Waals surface area contributed by atoms with E-state index in [4.69, 9.17) is 0 Å². The second kappa shape index (κ2) is 7.78. The average molecular weight is 493 g/mol. The van der Waals surface area contributed by atoms with Crippen LogP contribution in [0.25, 0.3) is 20.4 Å². The monoisotopic (exact) mass is 492 g/mol. The summed E-state index contributed by atoms with van der Waals surface area (Å²) in [7, 11) is 0. The molecule has 2 saturated heterocycles. The fourth-order valence-corrected chi connectivity index (χ4v) is 7.43. The van der Waals surface area contributed by atoms with Gasteiger partial charge in [-0.3, -0.25) is 9.59 Å². The Hall–Kier alpha value is -2.98. The molecule has 2 fully saturated rings. The van der Waals surface area contributed by atoms with Crippen molar-refractivity contribution in [2.75, 3.05) is 36.8 Å². The number of rotatable bonds is 6. The Kier molecular flexibility index (Phi) is 4.67. The predicted molar refractivity (Wildman–Crippen MR) is 135 cm³/mol. The second-order valence-corrected chi connectivity index (χ2v) is 11.6. The largest absolute Gasteiger partial charge is 0.352 e. The molecule has 3 aromatic rings. The van der Waals surface area contributed by atoms with Crippen molar-refractivity contribution >= 4 is 65.2 Å². The van der Waals surface area contributed by atoms with E-state index in [2.05, 4.69) is 51.0 Å². The number of aromatic nitrogens is 2. The highest BCUT2D eigenvalue weighted by molar-refractivity contribution is 7.24. The molecule has 4 bridgehead atoms. The van der Waals surface area contributed by atoms with E-state index in [0.717, 1.165) is 56.6 Å². The third-order valence-corrected chi connectivity index (χ3v) is 9.23. The smallest absolute Gasteiger partial charge is 0.242 e. The van der Waals surface area contributed by atoms with Gasteiger partial charge in [-0.15, -0.1) is 0 Å². The first-order valence-corrected chi connectivity index (χ1v) is 13.4. The van der Waals surface area contributed by atoms with E-state index in [-0.39, 0.29) is 37.0 Å². The number of benzene rings is 1. The maximum absolute atomic E-state index is 12.6. The van der Waals surface area contributed by atoms with Gasteiger partial charge in [0, 0.05) is 13.1 Å². The normalized spacial score (nSPS) is 26.5. The Morgan fingerprint density at radius 3 is 1.71 bits per heavy atom. The van der Waals surface area contributed by atoms with Crippen LogP contribution < -0.4 is 10.6 Å². The van der Waals surface area contributed by atoms with Crippen molar-refractivity contribution in [3.8, 4) is 0 Å². The highest BCUT2D eigenvalue weighted by Gasteiger charge is 2.37. The Balaban J connectivity index is 1.00. The fraction of sp³-hybridized carbons (Fsp3) is 0.417. The summed E-state index contributed by atoms with van der Waals surface area (Å²) >= 11 is 3.09. The molecular formula is C24H24N6O2S2. The Morgan fingerprint density at radius 2 is 1.29 bits per heavy atom. The summed E-state index contributed by atoms with van der Waals surface area (Å²) in [4.78, 5) is 38.5. The molecular weight excluding hydrogens is 468 g/mol. The standard InChI is InChI=1S/C24H24N6O2S2/c31-21(29-11-13-1-3-15(29)5-13)9-25-23-27-17-7-18-20(8-19(17)33-23)34-24(28-18)26-10-22(32)30-12-14-2-4-16(30)6-14/h1-4,7-8,13-16H,5-6,9-12H2,(H,25,27)(H,26,28). The molecule has 2 aromatic heterocycles. The number of hydrogen-bond acceptors (Lipinski definition) is 8. The third kappa shape index (κ3) is 3.47. The van der Waals surface area contributed by atoms with Gasteiger partial charge in [-0.1, -0.05) is 47.0 Å². The summed E-state index contributed by atoms with van der Waals surface area (Å²) in [6, 6.07) is 4.61. The van der Waals surface area contributed by atoms with Gasteiger partial charge in [0.2, 0.25) is 11.8 Å². The summed E-state index contributed by atoms with van der Waals surface area (Å²) in [6.45, 7) is 2.20. The molecule has 2 aliphatic heterocycles. The summed E-state index contributed by atoms with van der Waals surface area (Å²) in [5.41, 5.74) is 1.73. The minimum atomic E-state index is 0.127. The van der Waals surface area contributed by atoms with Crippen molar-refractivity contribution in [2.45, 2.75) is 24.9 Å². The lowest BCUT2D eigenvalue weighted by Crippen LogP contribution is -2.39. The van der Waals surface area contributed by atoms with Gasteiger partial charge in [-0.25, -0.2) is 9.97 Å². The van der Waals surface area contributed by atoms with Crippen molar-refractivity contribution in [3.05, 3.63) is 36.4 Å². The van der Waals surface area contributed by atoms with Crippen LogP contribution in [-0.4, -0.2) is 69.8 Å². The first-order chi connectivity index (χ1) is 16.6. The Morgan fingerprint density at radius 1 is 0.794 bits per heavy atom. The zero-order chi connectivity index (χ0) is 22.8. The van der Waals surface area contributed by atoms with Crippen LogP contribution in [0.4, 0.5) is 10.3 Å². The molecule has 4 heterocycles. The van der Waals surface area contributed by atoms with E-state index in [9.17, 15) is 9.59 Å². The SMILES string of the molecule is O=C(CNc1nc2cc3nc(NCC(=O)N4CC5C=CC4C5)sc3cc2s1)N1CC2C=CC1C2. The minimum absolute atomic E-state index is 0.127. The number of carbonyl (C=O) groups is 2. The number of carbonyl (C=O) groups excluding carboxylic acids is 2. The molecule has 0 saturated carbocycles. The fourth-order valence-electron chi connectivity index (χ4n) is 5.59. The molecule has 0 radical (unpaired) electrons. The van der Waals surface area contributed by atoms with Gasteiger partial charge in [-0.05, 0) is 36.8 Å². The van der Waals surface area contributed by atoms with Gasteiger partial charge in [0.1, 0.15) is 0 Å². The average Bonchev–Trinajstić information content (AvgIpc) is 3.67. The maximum Gasteiger partial charge on any atom is 0.242 e. The zero-order valence-electron chi connectivity index (χ0n) is 18.4. The Labute approximate surface area is 204 Å². The molecule has 4 unspecified atom stereocenters. The van der Waals surface area contributed by atoms with Crippen LogP contribution in [0.15, 0.2) is 36.4 Å². The lowest BCUT2D eigenvalue weighted by molar-refractivity contribution is -0.130. The quantitative estimate of drug-likeness (QED) is 0.513. The number of hydrogen-bond donors (Lipinski definition) is 2. The molecule has 4 atom stereocenters. The number of nitrogens with one attached hydrogen (secondary N) is 2. The molecule has 4 aliphatic rings. The molecule has 2 N–H and O–H groups in total. The summed E-state index contributed by atoms with van der Waals surface area (Å²) in [5, 5.41) is 7.93. The van der Waals surface area contributed by atoms with Gasteiger partial charge < -0.3 is 20.4 Å². The molecule has 2 amide bonds. The van der Waals surface area contributed by atoms with Crippen LogP contribution in [0.5, 0.6) is 0 Å². The molecule has 8 nitrogen and oxygen atoms in total. The van der Waals surface area contributed by atoms with Gasteiger partial charge in [0.25, 0.3) is 0 Å². The van der Waals surface area contributed by atoms with Crippen molar-refractivity contribution < 1.29 is 9.59 Å². The van der Waals surface area contributed by atoms with E-state index in [0.29, 0.717) is 11.8 Å². The lowest BCUT2D eigenvalue weighted by Gasteiger charge is -2.23. The maximum atomic E-state index is 12.6. The minimum Gasteiger partial charge on any atom is -0.352 e. The first-order valence-electron chi connectivity index (χ1n) is 11.7. The number of fused-ring (bicyclic) bond motifs is 6. The zero-order valence-corrected chi connectivity index (χ0v) is 20.1. The van der Waals surface area contributed by atoms with E-state index in [1.165, 1.54) is 0 Å². The first kappa shape index (κ1) is 20.4. The topological polar surface area (TPSA) is 90.5 Å². The van der Waals surface area contributed by atoms with E-state index in [1.54, 1.807) is 22.7 Å². The highest BCUT2D eigenvalue weighted by Crippen LogP contribution is 2.35. The van der Waals surface area contributed by atoms with Crippen molar-refractivity contribution in [1.82, 2.24) is 19.8 Å². The third-order valence-electron chi connectivity index (χ3n) is 7.28. The van der Waals surface area contributed by atoms with Crippen LogP contribution in [0.1, 0.15) is 12.8 Å². The molecule has 2 aliphatic carbocycles. The van der Waals surface area contributed by atoms with Crippen molar-refractivity contribution in [3.63, 3.8) is 0 Å². The van der Waals surface area contributed by atoms with Crippen molar-refractivity contribution in [2.24, 2.45) is 11.8 Å². The van der Waals surface area contributed by atoms with Crippen molar-refractivity contribution in [1.29, 1.82) is 0 Å².